The van der Waals surface area contributed by atoms with Crippen molar-refractivity contribution in [2.45, 2.75) is 39.3 Å². The van der Waals surface area contributed by atoms with E-state index in [2.05, 4.69) is 5.32 Å². The SMILES string of the molecule is CC(C)CC(C(=O)OC(C)C(=O)Nc1cc(Cl)cc(Cl)c1)N1C(=O)c2ccccc2C1=O. The highest BCUT2D eigenvalue weighted by molar-refractivity contribution is 6.35. The van der Waals surface area contributed by atoms with E-state index in [0.29, 0.717) is 15.7 Å². The molecule has 3 amide bonds. The van der Waals surface area contributed by atoms with Crippen molar-refractivity contribution < 1.29 is 23.9 Å². The molecule has 9 heteroatoms. The van der Waals surface area contributed by atoms with Gasteiger partial charge in [0, 0.05) is 15.7 Å². The lowest BCUT2D eigenvalue weighted by atomic mass is 10.0. The standard InChI is InChI=1S/C23H22Cl2N2O5/c1-12(2)8-19(27-21(29)17-6-4-5-7-18(17)22(27)30)23(31)32-13(3)20(28)26-16-10-14(24)9-15(25)11-16/h4-7,9-13,19H,8H2,1-3H3,(H,26,28). The van der Waals surface area contributed by atoms with Crippen molar-refractivity contribution in [2.24, 2.45) is 5.92 Å². The molecule has 3 rings (SSSR count). The second-order valence-corrected chi connectivity index (χ2v) is 8.77. The van der Waals surface area contributed by atoms with Gasteiger partial charge in [-0.2, -0.15) is 0 Å². The summed E-state index contributed by atoms with van der Waals surface area (Å²) in [5.41, 5.74) is 0.819. The first-order valence-corrected chi connectivity index (χ1v) is 10.8. The fraction of sp³-hybridized carbons (Fsp3) is 0.304. The van der Waals surface area contributed by atoms with Crippen molar-refractivity contribution in [3.63, 3.8) is 0 Å². The van der Waals surface area contributed by atoms with E-state index in [1.165, 1.54) is 25.1 Å². The van der Waals surface area contributed by atoms with E-state index in [0.717, 1.165) is 4.90 Å². The zero-order valence-corrected chi connectivity index (χ0v) is 19.2. The Labute approximate surface area is 195 Å². The third kappa shape index (κ3) is 5.11. The highest BCUT2D eigenvalue weighted by Crippen LogP contribution is 2.28. The number of halogens is 2. The van der Waals surface area contributed by atoms with Gasteiger partial charge in [0.15, 0.2) is 6.10 Å². The highest BCUT2D eigenvalue weighted by Gasteiger charge is 2.44. The quantitative estimate of drug-likeness (QED) is 0.466. The first kappa shape index (κ1) is 23.8. The van der Waals surface area contributed by atoms with Crippen molar-refractivity contribution >= 4 is 52.6 Å². The van der Waals surface area contributed by atoms with Crippen LogP contribution in [0.1, 0.15) is 47.9 Å². The third-order valence-corrected chi connectivity index (χ3v) is 5.33. The molecule has 2 aromatic rings. The summed E-state index contributed by atoms with van der Waals surface area (Å²) >= 11 is 11.9. The number of ether oxygens (including phenoxy) is 1. The van der Waals surface area contributed by atoms with Gasteiger partial charge in [-0.05, 0) is 49.6 Å². The van der Waals surface area contributed by atoms with E-state index in [4.69, 9.17) is 27.9 Å². The van der Waals surface area contributed by atoms with Crippen LogP contribution < -0.4 is 5.32 Å². The molecular formula is C23H22Cl2N2O5. The van der Waals surface area contributed by atoms with Crippen LogP contribution in [0.25, 0.3) is 0 Å². The van der Waals surface area contributed by atoms with Gasteiger partial charge in [0.2, 0.25) is 0 Å². The van der Waals surface area contributed by atoms with Gasteiger partial charge in [-0.15, -0.1) is 0 Å². The number of fused-ring (bicyclic) bond motifs is 1. The predicted molar refractivity (Wildman–Crippen MR) is 121 cm³/mol. The Hall–Kier alpha value is -2.90. The van der Waals surface area contributed by atoms with Crippen LogP contribution in [0, 0.1) is 5.92 Å². The minimum absolute atomic E-state index is 0.0189. The van der Waals surface area contributed by atoms with Gasteiger partial charge < -0.3 is 10.1 Å². The molecule has 2 aromatic carbocycles. The van der Waals surface area contributed by atoms with Crippen molar-refractivity contribution in [3.05, 3.63) is 63.6 Å². The maximum atomic E-state index is 13.0. The minimum atomic E-state index is -1.19. The number of rotatable bonds is 7. The van der Waals surface area contributed by atoms with Crippen LogP contribution in [0.2, 0.25) is 10.0 Å². The van der Waals surface area contributed by atoms with Gasteiger partial charge in [-0.1, -0.05) is 49.2 Å². The number of amides is 3. The molecule has 0 aromatic heterocycles. The van der Waals surface area contributed by atoms with Crippen molar-refractivity contribution in [3.8, 4) is 0 Å². The topological polar surface area (TPSA) is 92.8 Å². The summed E-state index contributed by atoms with van der Waals surface area (Å²) in [7, 11) is 0. The molecule has 0 radical (unpaired) electrons. The normalized spacial score (nSPS) is 14.9. The van der Waals surface area contributed by atoms with Crippen molar-refractivity contribution in [1.29, 1.82) is 0 Å². The molecule has 1 N–H and O–H groups in total. The number of hydrogen-bond donors (Lipinski definition) is 1. The van der Waals surface area contributed by atoms with Gasteiger partial charge in [0.05, 0.1) is 11.1 Å². The molecule has 1 heterocycles. The van der Waals surface area contributed by atoms with E-state index in [1.54, 1.807) is 24.3 Å². The van der Waals surface area contributed by atoms with Crippen LogP contribution in [-0.2, 0) is 14.3 Å². The molecule has 168 valence electrons. The average Bonchev–Trinajstić information content (AvgIpc) is 2.96. The van der Waals surface area contributed by atoms with E-state index in [9.17, 15) is 19.2 Å². The fourth-order valence-corrected chi connectivity index (χ4v) is 3.95. The Kier molecular flexibility index (Phi) is 7.21. The Balaban J connectivity index is 1.76. The van der Waals surface area contributed by atoms with Gasteiger partial charge in [-0.3, -0.25) is 19.3 Å². The molecule has 2 atom stereocenters. The lowest BCUT2D eigenvalue weighted by molar-refractivity contribution is -0.157. The highest BCUT2D eigenvalue weighted by atomic mass is 35.5. The number of esters is 1. The number of nitrogens with zero attached hydrogens (tertiary/aromatic N) is 1. The number of carbonyl (C=O) groups excluding carboxylic acids is 4. The Morgan fingerprint density at radius 2 is 1.50 bits per heavy atom. The van der Waals surface area contributed by atoms with Crippen LogP contribution in [0.15, 0.2) is 42.5 Å². The van der Waals surface area contributed by atoms with Crippen LogP contribution in [0.4, 0.5) is 5.69 Å². The average molecular weight is 477 g/mol. The first-order chi connectivity index (χ1) is 15.1. The van der Waals surface area contributed by atoms with E-state index >= 15 is 0 Å². The summed E-state index contributed by atoms with van der Waals surface area (Å²) in [5.74, 6) is -2.57. The van der Waals surface area contributed by atoms with Gasteiger partial charge in [0.25, 0.3) is 17.7 Å². The Morgan fingerprint density at radius 3 is 2.00 bits per heavy atom. The van der Waals surface area contributed by atoms with Crippen LogP contribution in [-0.4, -0.2) is 40.7 Å². The summed E-state index contributed by atoms with van der Waals surface area (Å²) in [5, 5.41) is 3.24. The summed E-state index contributed by atoms with van der Waals surface area (Å²) in [6, 6.07) is 9.74. The summed E-state index contributed by atoms with van der Waals surface area (Å²) < 4.78 is 5.35. The second kappa shape index (κ2) is 9.71. The summed E-state index contributed by atoms with van der Waals surface area (Å²) in [6.07, 6.45) is -0.993. The Bertz CT molecular complexity index is 1030. The molecule has 0 aliphatic carbocycles. The van der Waals surface area contributed by atoms with Crippen LogP contribution in [0.5, 0.6) is 0 Å². The maximum absolute atomic E-state index is 13.0. The van der Waals surface area contributed by atoms with Crippen LogP contribution in [0.3, 0.4) is 0 Å². The minimum Gasteiger partial charge on any atom is -0.451 e. The predicted octanol–water partition coefficient (Wildman–Crippen LogP) is 4.57. The second-order valence-electron chi connectivity index (χ2n) is 7.90. The van der Waals surface area contributed by atoms with E-state index in [-0.39, 0.29) is 23.5 Å². The number of benzene rings is 2. The molecule has 32 heavy (non-hydrogen) atoms. The largest absolute Gasteiger partial charge is 0.451 e. The summed E-state index contributed by atoms with van der Waals surface area (Å²) in [4.78, 5) is 52.1. The van der Waals surface area contributed by atoms with Gasteiger partial charge in [-0.25, -0.2) is 4.79 Å². The van der Waals surface area contributed by atoms with Crippen molar-refractivity contribution in [2.75, 3.05) is 5.32 Å². The first-order valence-electron chi connectivity index (χ1n) is 10.0. The number of imide groups is 1. The lowest BCUT2D eigenvalue weighted by Crippen LogP contribution is -2.48. The molecule has 0 saturated heterocycles. The number of nitrogens with one attached hydrogen (secondary N) is 1. The molecular weight excluding hydrogens is 455 g/mol. The molecule has 2 unspecified atom stereocenters. The monoisotopic (exact) mass is 476 g/mol. The number of carbonyl (C=O) groups is 4. The molecule has 1 aliphatic heterocycles. The fourth-order valence-electron chi connectivity index (χ4n) is 3.42. The van der Waals surface area contributed by atoms with Gasteiger partial charge in [0.1, 0.15) is 6.04 Å². The molecule has 0 saturated carbocycles. The molecule has 0 bridgehead atoms. The van der Waals surface area contributed by atoms with E-state index < -0.39 is 35.8 Å². The zero-order valence-electron chi connectivity index (χ0n) is 17.7. The Morgan fingerprint density at radius 1 is 0.969 bits per heavy atom. The maximum Gasteiger partial charge on any atom is 0.330 e. The molecule has 0 spiro atoms. The van der Waals surface area contributed by atoms with E-state index in [1.807, 2.05) is 13.8 Å². The molecule has 1 aliphatic rings. The summed E-state index contributed by atoms with van der Waals surface area (Å²) in [6.45, 7) is 5.11. The molecule has 7 nitrogen and oxygen atoms in total. The number of anilines is 1. The van der Waals surface area contributed by atoms with Crippen LogP contribution >= 0.6 is 23.2 Å². The van der Waals surface area contributed by atoms with Crippen molar-refractivity contribution in [1.82, 2.24) is 4.90 Å². The number of hydrogen-bond acceptors (Lipinski definition) is 5. The molecule has 0 fully saturated rings. The zero-order chi connectivity index (χ0) is 23.6. The lowest BCUT2D eigenvalue weighted by Gasteiger charge is -2.27. The third-order valence-electron chi connectivity index (χ3n) is 4.90. The smallest absolute Gasteiger partial charge is 0.330 e. The van der Waals surface area contributed by atoms with Gasteiger partial charge >= 0.3 is 5.97 Å².